The standard InChI is InChI=1S/C24H24N4O3/c1-16(14-25)15-27-23-19-13-18(8-7-17(19)9-10-22(23)31-3)20-5-4-6-21(28-20)24(29)26-11-12-30-2/h4-10,13,27H,1,11-12,15H2,2-3H3,(H,26,29). The van der Waals surface area contributed by atoms with E-state index in [1.807, 2.05) is 42.5 Å². The summed E-state index contributed by atoms with van der Waals surface area (Å²) in [5.41, 5.74) is 3.06. The molecule has 0 aliphatic heterocycles. The molecule has 0 spiro atoms. The second-order valence-corrected chi connectivity index (χ2v) is 6.80. The van der Waals surface area contributed by atoms with Gasteiger partial charge in [0.15, 0.2) is 0 Å². The fourth-order valence-electron chi connectivity index (χ4n) is 3.13. The topological polar surface area (TPSA) is 96.3 Å². The number of benzene rings is 2. The average molecular weight is 416 g/mol. The summed E-state index contributed by atoms with van der Waals surface area (Å²) >= 11 is 0. The minimum atomic E-state index is -0.251. The van der Waals surface area contributed by atoms with Gasteiger partial charge in [-0.25, -0.2) is 4.98 Å². The van der Waals surface area contributed by atoms with Crippen molar-refractivity contribution in [3.8, 4) is 23.1 Å². The van der Waals surface area contributed by atoms with Crippen LogP contribution in [-0.4, -0.2) is 44.8 Å². The predicted octanol–water partition coefficient (Wildman–Crippen LogP) is 3.78. The van der Waals surface area contributed by atoms with Crippen molar-refractivity contribution in [2.45, 2.75) is 0 Å². The summed E-state index contributed by atoms with van der Waals surface area (Å²) in [6.45, 7) is 4.89. The van der Waals surface area contributed by atoms with Gasteiger partial charge in [-0.15, -0.1) is 0 Å². The normalized spacial score (nSPS) is 10.4. The molecule has 0 aliphatic carbocycles. The number of methoxy groups -OCH3 is 2. The molecule has 158 valence electrons. The number of hydrogen-bond acceptors (Lipinski definition) is 6. The van der Waals surface area contributed by atoms with Gasteiger partial charge in [0.1, 0.15) is 11.4 Å². The van der Waals surface area contributed by atoms with E-state index in [1.54, 1.807) is 26.4 Å². The van der Waals surface area contributed by atoms with E-state index in [0.717, 1.165) is 22.0 Å². The number of pyridine rings is 1. The van der Waals surface area contributed by atoms with E-state index in [9.17, 15) is 4.79 Å². The molecule has 1 aromatic heterocycles. The molecule has 1 amide bonds. The van der Waals surface area contributed by atoms with Crippen LogP contribution in [0, 0.1) is 11.3 Å². The van der Waals surface area contributed by atoms with Crippen LogP contribution in [0.4, 0.5) is 5.69 Å². The van der Waals surface area contributed by atoms with Gasteiger partial charge < -0.3 is 20.1 Å². The van der Waals surface area contributed by atoms with Gasteiger partial charge in [-0.3, -0.25) is 4.79 Å². The number of nitrogens with zero attached hydrogens (tertiary/aromatic N) is 2. The summed E-state index contributed by atoms with van der Waals surface area (Å²) in [4.78, 5) is 16.9. The lowest BCUT2D eigenvalue weighted by molar-refractivity contribution is 0.0932. The zero-order valence-corrected chi connectivity index (χ0v) is 17.6. The third kappa shape index (κ3) is 5.18. The van der Waals surface area contributed by atoms with Crippen LogP contribution in [0.2, 0.25) is 0 Å². The Bertz CT molecular complexity index is 1150. The van der Waals surface area contributed by atoms with Gasteiger partial charge in [-0.05, 0) is 29.7 Å². The molecule has 1 heterocycles. The highest BCUT2D eigenvalue weighted by Gasteiger charge is 2.12. The van der Waals surface area contributed by atoms with Crippen LogP contribution in [0.25, 0.3) is 22.0 Å². The van der Waals surface area contributed by atoms with Gasteiger partial charge in [-0.2, -0.15) is 5.26 Å². The molecule has 0 radical (unpaired) electrons. The van der Waals surface area contributed by atoms with E-state index >= 15 is 0 Å². The predicted molar refractivity (Wildman–Crippen MR) is 121 cm³/mol. The average Bonchev–Trinajstić information content (AvgIpc) is 2.81. The second-order valence-electron chi connectivity index (χ2n) is 6.80. The minimum Gasteiger partial charge on any atom is -0.495 e. The molecular weight excluding hydrogens is 392 g/mol. The van der Waals surface area contributed by atoms with Gasteiger partial charge >= 0.3 is 0 Å². The van der Waals surface area contributed by atoms with Crippen molar-refractivity contribution in [2.24, 2.45) is 0 Å². The van der Waals surface area contributed by atoms with Gasteiger partial charge in [0.05, 0.1) is 31.2 Å². The summed E-state index contributed by atoms with van der Waals surface area (Å²) in [6.07, 6.45) is 0. The Kier molecular flexibility index (Phi) is 7.20. The molecule has 0 saturated heterocycles. The van der Waals surface area contributed by atoms with Gasteiger partial charge in [0, 0.05) is 36.7 Å². The van der Waals surface area contributed by atoms with Gasteiger partial charge in [-0.1, -0.05) is 30.8 Å². The van der Waals surface area contributed by atoms with E-state index in [-0.39, 0.29) is 5.91 Å². The molecule has 0 fully saturated rings. The fourth-order valence-corrected chi connectivity index (χ4v) is 3.13. The van der Waals surface area contributed by atoms with E-state index in [2.05, 4.69) is 22.2 Å². The lowest BCUT2D eigenvalue weighted by Gasteiger charge is -2.15. The number of fused-ring (bicyclic) bond motifs is 1. The Labute approximate surface area is 181 Å². The number of ether oxygens (including phenoxy) is 2. The summed E-state index contributed by atoms with van der Waals surface area (Å²) in [6, 6.07) is 17.2. The maximum absolute atomic E-state index is 12.3. The minimum absolute atomic E-state index is 0.251. The highest BCUT2D eigenvalue weighted by atomic mass is 16.5. The molecule has 0 unspecified atom stereocenters. The third-order valence-corrected chi connectivity index (χ3v) is 4.71. The van der Waals surface area contributed by atoms with Crippen LogP contribution in [0.3, 0.4) is 0 Å². The summed E-state index contributed by atoms with van der Waals surface area (Å²) < 4.78 is 10.5. The van der Waals surface area contributed by atoms with Crippen LogP contribution >= 0.6 is 0 Å². The van der Waals surface area contributed by atoms with Crippen LogP contribution in [0.5, 0.6) is 5.75 Å². The lowest BCUT2D eigenvalue weighted by atomic mass is 10.0. The molecule has 7 nitrogen and oxygen atoms in total. The van der Waals surface area contributed by atoms with Crippen molar-refractivity contribution in [2.75, 3.05) is 39.2 Å². The molecule has 0 bridgehead atoms. The highest BCUT2D eigenvalue weighted by molar-refractivity contribution is 5.99. The third-order valence-electron chi connectivity index (χ3n) is 4.71. The number of aromatic nitrogens is 1. The zero-order chi connectivity index (χ0) is 22.2. The largest absolute Gasteiger partial charge is 0.495 e. The van der Waals surface area contributed by atoms with Gasteiger partial charge in [0.2, 0.25) is 0 Å². The Morgan fingerprint density at radius 3 is 2.74 bits per heavy atom. The Morgan fingerprint density at radius 1 is 1.19 bits per heavy atom. The molecule has 2 aromatic carbocycles. The zero-order valence-electron chi connectivity index (χ0n) is 17.6. The smallest absolute Gasteiger partial charge is 0.269 e. The van der Waals surface area contributed by atoms with E-state index in [0.29, 0.717) is 42.4 Å². The number of amides is 1. The van der Waals surface area contributed by atoms with Crippen LogP contribution in [0.1, 0.15) is 10.5 Å². The monoisotopic (exact) mass is 416 g/mol. The van der Waals surface area contributed by atoms with Crippen molar-refractivity contribution in [1.29, 1.82) is 5.26 Å². The summed E-state index contributed by atoms with van der Waals surface area (Å²) in [5.74, 6) is 0.411. The first-order valence-electron chi connectivity index (χ1n) is 9.74. The second kappa shape index (κ2) is 10.2. The van der Waals surface area contributed by atoms with Crippen molar-refractivity contribution in [1.82, 2.24) is 10.3 Å². The molecule has 0 saturated carbocycles. The number of nitrogens with one attached hydrogen (secondary N) is 2. The van der Waals surface area contributed by atoms with Crippen LogP contribution in [0.15, 0.2) is 60.7 Å². The molecular formula is C24H24N4O3. The summed E-state index contributed by atoms with van der Waals surface area (Å²) in [5, 5.41) is 17.0. The molecule has 3 aromatic rings. The molecule has 0 aliphatic rings. The fraction of sp³-hybridized carbons (Fsp3) is 0.208. The Balaban J connectivity index is 1.98. The van der Waals surface area contributed by atoms with Crippen molar-refractivity contribution < 1.29 is 14.3 Å². The quantitative estimate of drug-likeness (QED) is 0.407. The van der Waals surface area contributed by atoms with E-state index < -0.39 is 0 Å². The number of anilines is 1. The number of carbonyl (C=O) groups is 1. The summed E-state index contributed by atoms with van der Waals surface area (Å²) in [7, 11) is 3.18. The molecule has 7 heteroatoms. The SMILES string of the molecule is C=C(C#N)CNc1c(OC)ccc2ccc(-c3cccc(C(=O)NCCOC)n3)cc12. The highest BCUT2D eigenvalue weighted by Crippen LogP contribution is 2.35. The molecule has 0 atom stereocenters. The number of hydrogen-bond donors (Lipinski definition) is 2. The van der Waals surface area contributed by atoms with Crippen LogP contribution < -0.4 is 15.4 Å². The molecule has 31 heavy (non-hydrogen) atoms. The molecule has 2 N–H and O–H groups in total. The first-order chi connectivity index (χ1) is 15.1. The number of rotatable bonds is 9. The number of nitriles is 1. The van der Waals surface area contributed by atoms with Gasteiger partial charge in [0.25, 0.3) is 5.91 Å². The Morgan fingerprint density at radius 2 is 2.00 bits per heavy atom. The van der Waals surface area contributed by atoms with E-state index in [1.165, 1.54) is 0 Å². The maximum Gasteiger partial charge on any atom is 0.269 e. The molecule has 3 rings (SSSR count). The first kappa shape index (κ1) is 21.8. The Hall–Kier alpha value is -3.89. The van der Waals surface area contributed by atoms with Crippen molar-refractivity contribution in [3.05, 3.63) is 66.4 Å². The van der Waals surface area contributed by atoms with Crippen molar-refractivity contribution >= 4 is 22.4 Å². The number of carbonyl (C=O) groups excluding carboxylic acids is 1. The lowest BCUT2D eigenvalue weighted by Crippen LogP contribution is -2.27. The van der Waals surface area contributed by atoms with Crippen molar-refractivity contribution in [3.63, 3.8) is 0 Å². The maximum atomic E-state index is 12.3. The van der Waals surface area contributed by atoms with Crippen LogP contribution in [-0.2, 0) is 4.74 Å². The van der Waals surface area contributed by atoms with E-state index in [4.69, 9.17) is 14.7 Å². The first-order valence-corrected chi connectivity index (χ1v) is 9.74.